The fourth-order valence-electron chi connectivity index (χ4n) is 2.44. The third-order valence-corrected chi connectivity index (χ3v) is 3.91. The molecule has 7 heteroatoms. The van der Waals surface area contributed by atoms with Crippen LogP contribution < -0.4 is 10.1 Å². The molecule has 0 aliphatic heterocycles. The molecule has 2 aromatic rings. The third kappa shape index (κ3) is 6.21. The van der Waals surface area contributed by atoms with E-state index in [1.807, 2.05) is 18.9 Å². The molecule has 0 radical (unpaired) electrons. The largest absolute Gasteiger partial charge is 0.489 e. The molecule has 146 valence electrons. The van der Waals surface area contributed by atoms with Crippen molar-refractivity contribution in [3.8, 4) is 5.75 Å². The predicted octanol–water partition coefficient (Wildman–Crippen LogP) is 2.93. The van der Waals surface area contributed by atoms with Crippen LogP contribution in [0.2, 0.25) is 0 Å². The van der Waals surface area contributed by atoms with Crippen molar-refractivity contribution in [2.24, 2.45) is 4.99 Å². The minimum absolute atomic E-state index is 0.218. The van der Waals surface area contributed by atoms with Gasteiger partial charge in [-0.25, -0.2) is 13.8 Å². The second-order valence-corrected chi connectivity index (χ2v) is 5.95. The fourth-order valence-corrected chi connectivity index (χ4v) is 2.44. The van der Waals surface area contributed by atoms with E-state index in [0.29, 0.717) is 32.2 Å². The minimum Gasteiger partial charge on any atom is -0.489 e. The Morgan fingerprint density at radius 2 is 1.96 bits per heavy atom. The smallest absolute Gasteiger partial charge is 0.194 e. The molecule has 0 atom stereocenters. The van der Waals surface area contributed by atoms with Crippen molar-refractivity contribution >= 4 is 5.96 Å². The molecule has 0 heterocycles. The van der Waals surface area contributed by atoms with Gasteiger partial charge in [0, 0.05) is 19.2 Å². The summed E-state index contributed by atoms with van der Waals surface area (Å²) in [5.74, 6) is 0.0523. The number of likely N-dealkylation sites (N-methyl/N-ethyl adjacent to an activating group) is 1. The Hall–Kier alpha value is -2.67. The molecule has 0 aromatic heterocycles. The van der Waals surface area contributed by atoms with Crippen molar-refractivity contribution in [3.05, 3.63) is 65.2 Å². The zero-order valence-electron chi connectivity index (χ0n) is 15.6. The Kier molecular flexibility index (Phi) is 8.00. The summed E-state index contributed by atoms with van der Waals surface area (Å²) in [5, 5.41) is 12.3. The van der Waals surface area contributed by atoms with E-state index in [0.717, 1.165) is 5.56 Å². The number of aliphatic hydroxyl groups is 1. The Balaban J connectivity index is 1.96. The number of aliphatic imine (C=N–C) groups is 1. The van der Waals surface area contributed by atoms with Crippen LogP contribution in [0.25, 0.3) is 0 Å². The van der Waals surface area contributed by atoms with Gasteiger partial charge < -0.3 is 20.1 Å². The molecular weight excluding hydrogens is 352 g/mol. The molecule has 2 rings (SSSR count). The van der Waals surface area contributed by atoms with Crippen LogP contribution in [0.5, 0.6) is 5.75 Å². The SMILES string of the molecule is CCNC(=NCc1ccc(F)c(CO)c1)N(C)CCOc1ccccc1F. The molecule has 0 fully saturated rings. The number of hydrogen-bond acceptors (Lipinski definition) is 3. The van der Waals surface area contributed by atoms with Crippen LogP contribution in [0.1, 0.15) is 18.1 Å². The molecule has 0 spiro atoms. The molecule has 0 aliphatic carbocycles. The summed E-state index contributed by atoms with van der Waals surface area (Å²) in [4.78, 5) is 6.41. The average Bonchev–Trinajstić information content (AvgIpc) is 2.67. The van der Waals surface area contributed by atoms with Gasteiger partial charge in [-0.05, 0) is 36.8 Å². The second-order valence-electron chi connectivity index (χ2n) is 5.95. The van der Waals surface area contributed by atoms with Gasteiger partial charge in [0.05, 0.1) is 19.7 Å². The summed E-state index contributed by atoms with van der Waals surface area (Å²) in [6.45, 7) is 3.44. The lowest BCUT2D eigenvalue weighted by Crippen LogP contribution is -2.40. The number of nitrogens with one attached hydrogen (secondary N) is 1. The van der Waals surface area contributed by atoms with Crippen molar-refractivity contribution in [2.75, 3.05) is 26.7 Å². The molecule has 0 aliphatic rings. The van der Waals surface area contributed by atoms with E-state index < -0.39 is 11.6 Å². The number of ether oxygens (including phenoxy) is 1. The first kappa shape index (κ1) is 20.6. The molecule has 0 saturated carbocycles. The highest BCUT2D eigenvalue weighted by atomic mass is 19.1. The van der Waals surface area contributed by atoms with Gasteiger partial charge in [-0.3, -0.25) is 0 Å². The van der Waals surface area contributed by atoms with E-state index in [-0.39, 0.29) is 17.9 Å². The van der Waals surface area contributed by atoms with Gasteiger partial charge in [0.2, 0.25) is 0 Å². The predicted molar refractivity (Wildman–Crippen MR) is 102 cm³/mol. The maximum atomic E-state index is 13.6. The first-order valence-electron chi connectivity index (χ1n) is 8.80. The number of benzene rings is 2. The summed E-state index contributed by atoms with van der Waals surface area (Å²) in [6, 6.07) is 10.8. The summed E-state index contributed by atoms with van der Waals surface area (Å²) < 4.78 is 32.5. The molecule has 5 nitrogen and oxygen atoms in total. The van der Waals surface area contributed by atoms with Gasteiger partial charge in [0.25, 0.3) is 0 Å². The topological polar surface area (TPSA) is 57.1 Å². The van der Waals surface area contributed by atoms with E-state index in [4.69, 9.17) is 9.84 Å². The van der Waals surface area contributed by atoms with Crippen LogP contribution in [0.15, 0.2) is 47.5 Å². The molecule has 0 unspecified atom stereocenters. The van der Waals surface area contributed by atoms with Crippen LogP contribution in [0.4, 0.5) is 8.78 Å². The third-order valence-electron chi connectivity index (χ3n) is 3.91. The quantitative estimate of drug-likeness (QED) is 0.549. The Morgan fingerprint density at radius 3 is 2.67 bits per heavy atom. The minimum atomic E-state index is -0.431. The van der Waals surface area contributed by atoms with Gasteiger partial charge in [-0.2, -0.15) is 0 Å². The van der Waals surface area contributed by atoms with Gasteiger partial charge in [0.1, 0.15) is 12.4 Å². The van der Waals surface area contributed by atoms with Gasteiger partial charge in [0.15, 0.2) is 17.5 Å². The molecule has 27 heavy (non-hydrogen) atoms. The van der Waals surface area contributed by atoms with E-state index in [9.17, 15) is 8.78 Å². The summed E-state index contributed by atoms with van der Waals surface area (Å²) in [6.07, 6.45) is 0. The molecular formula is C20H25F2N3O2. The summed E-state index contributed by atoms with van der Waals surface area (Å²) in [5.41, 5.74) is 1.05. The highest BCUT2D eigenvalue weighted by Crippen LogP contribution is 2.15. The molecule has 0 saturated heterocycles. The molecule has 2 aromatic carbocycles. The fraction of sp³-hybridized carbons (Fsp3) is 0.350. The number of para-hydroxylation sites is 1. The molecule has 0 bridgehead atoms. The van der Waals surface area contributed by atoms with E-state index >= 15 is 0 Å². The first-order chi connectivity index (χ1) is 13.0. The van der Waals surface area contributed by atoms with Crippen LogP contribution in [-0.4, -0.2) is 42.7 Å². The number of nitrogens with zero attached hydrogens (tertiary/aromatic N) is 2. The van der Waals surface area contributed by atoms with Crippen LogP contribution >= 0.6 is 0 Å². The van der Waals surface area contributed by atoms with Gasteiger partial charge >= 0.3 is 0 Å². The highest BCUT2D eigenvalue weighted by Gasteiger charge is 2.08. The standard InChI is InChI=1S/C20H25F2N3O2/c1-3-23-20(24-13-15-8-9-17(21)16(12-15)14-26)25(2)10-11-27-19-7-5-4-6-18(19)22/h4-9,12,26H,3,10-11,13-14H2,1-2H3,(H,23,24). The zero-order valence-corrected chi connectivity index (χ0v) is 15.6. The summed E-state index contributed by atoms with van der Waals surface area (Å²) in [7, 11) is 1.86. The second kappa shape index (κ2) is 10.5. The van der Waals surface area contributed by atoms with Crippen molar-refractivity contribution in [1.82, 2.24) is 10.2 Å². The van der Waals surface area contributed by atoms with Crippen molar-refractivity contribution in [3.63, 3.8) is 0 Å². The molecule has 0 amide bonds. The highest BCUT2D eigenvalue weighted by molar-refractivity contribution is 5.79. The number of guanidine groups is 1. The van der Waals surface area contributed by atoms with Crippen LogP contribution in [0.3, 0.4) is 0 Å². The Bertz CT molecular complexity index is 769. The zero-order chi connectivity index (χ0) is 19.6. The lowest BCUT2D eigenvalue weighted by molar-refractivity contribution is 0.270. The van der Waals surface area contributed by atoms with Gasteiger partial charge in [-0.15, -0.1) is 0 Å². The van der Waals surface area contributed by atoms with Crippen molar-refractivity contribution in [1.29, 1.82) is 0 Å². The number of hydrogen-bond donors (Lipinski definition) is 2. The monoisotopic (exact) mass is 377 g/mol. The number of aliphatic hydroxyl groups excluding tert-OH is 1. The van der Waals surface area contributed by atoms with E-state index in [2.05, 4.69) is 10.3 Å². The molecule has 2 N–H and O–H groups in total. The van der Waals surface area contributed by atoms with E-state index in [1.54, 1.807) is 30.3 Å². The Labute approximate surface area is 158 Å². The van der Waals surface area contributed by atoms with Crippen molar-refractivity contribution in [2.45, 2.75) is 20.1 Å². The normalized spacial score (nSPS) is 11.4. The first-order valence-corrected chi connectivity index (χ1v) is 8.80. The Morgan fingerprint density at radius 1 is 1.19 bits per heavy atom. The number of halogens is 2. The lowest BCUT2D eigenvalue weighted by atomic mass is 10.1. The maximum Gasteiger partial charge on any atom is 0.194 e. The average molecular weight is 377 g/mol. The number of rotatable bonds is 8. The van der Waals surface area contributed by atoms with Crippen LogP contribution in [-0.2, 0) is 13.2 Å². The lowest BCUT2D eigenvalue weighted by Gasteiger charge is -2.22. The van der Waals surface area contributed by atoms with E-state index in [1.165, 1.54) is 12.1 Å². The summed E-state index contributed by atoms with van der Waals surface area (Å²) >= 11 is 0. The van der Waals surface area contributed by atoms with Crippen molar-refractivity contribution < 1.29 is 18.6 Å². The van der Waals surface area contributed by atoms with Gasteiger partial charge in [-0.1, -0.05) is 18.2 Å². The maximum absolute atomic E-state index is 13.6. The van der Waals surface area contributed by atoms with Crippen LogP contribution in [0, 0.1) is 11.6 Å².